The van der Waals surface area contributed by atoms with E-state index in [1.54, 1.807) is 11.3 Å². The van der Waals surface area contributed by atoms with Crippen LogP contribution in [-0.4, -0.2) is 18.3 Å². The Morgan fingerprint density at radius 1 is 1.50 bits per heavy atom. The van der Waals surface area contributed by atoms with Crippen molar-refractivity contribution in [3.8, 4) is 0 Å². The first-order chi connectivity index (χ1) is 8.74. The Labute approximate surface area is 111 Å². The summed E-state index contributed by atoms with van der Waals surface area (Å²) in [7, 11) is 0. The van der Waals surface area contributed by atoms with Gasteiger partial charge in [0.1, 0.15) is 0 Å². The van der Waals surface area contributed by atoms with Gasteiger partial charge >= 0.3 is 6.03 Å². The van der Waals surface area contributed by atoms with Crippen LogP contribution in [0.2, 0.25) is 0 Å². The Morgan fingerprint density at radius 2 is 2.39 bits per heavy atom. The summed E-state index contributed by atoms with van der Waals surface area (Å²) in [5.41, 5.74) is 4.78. The third-order valence-electron chi connectivity index (χ3n) is 2.73. The van der Waals surface area contributed by atoms with Gasteiger partial charge in [-0.1, -0.05) is 11.6 Å². The number of nitrogens with zero attached hydrogens (tertiary/aromatic N) is 1. The molecule has 0 bridgehead atoms. The number of nitrogens with one attached hydrogen (secondary N) is 2. The molecule has 2 rings (SSSR count). The third kappa shape index (κ3) is 4.00. The Balaban J connectivity index is 1.66. The van der Waals surface area contributed by atoms with E-state index in [9.17, 15) is 4.79 Å². The molecule has 18 heavy (non-hydrogen) atoms. The van der Waals surface area contributed by atoms with E-state index in [0.29, 0.717) is 6.54 Å². The van der Waals surface area contributed by atoms with E-state index >= 15 is 0 Å². The number of urea groups is 1. The van der Waals surface area contributed by atoms with Gasteiger partial charge in [0.05, 0.1) is 5.71 Å². The first-order valence-electron chi connectivity index (χ1n) is 6.04. The Bertz CT molecular complexity index is 463. The molecule has 0 spiro atoms. The highest BCUT2D eigenvalue weighted by atomic mass is 32.1. The minimum absolute atomic E-state index is 0.239. The third-order valence-corrected chi connectivity index (χ3v) is 3.66. The first kappa shape index (κ1) is 12.8. The number of hydrogen-bond acceptors (Lipinski definition) is 3. The summed E-state index contributed by atoms with van der Waals surface area (Å²) in [5.74, 6) is 0. The zero-order valence-electron chi connectivity index (χ0n) is 10.4. The predicted octanol–water partition coefficient (Wildman–Crippen LogP) is 2.69. The fourth-order valence-corrected chi connectivity index (χ4v) is 2.47. The number of allylic oxidation sites excluding steroid dienone is 2. The maximum atomic E-state index is 11.5. The molecular formula is C13H17N3OS. The first-order valence-corrected chi connectivity index (χ1v) is 6.92. The smallest absolute Gasteiger partial charge is 0.335 e. The van der Waals surface area contributed by atoms with Gasteiger partial charge in [0.2, 0.25) is 0 Å². The summed E-state index contributed by atoms with van der Waals surface area (Å²) in [6, 6.07) is 3.84. The minimum Gasteiger partial charge on any atom is -0.336 e. The second-order valence-corrected chi connectivity index (χ2v) is 5.32. The van der Waals surface area contributed by atoms with Crippen LogP contribution in [0, 0.1) is 0 Å². The Hall–Kier alpha value is -1.62. The maximum absolute atomic E-state index is 11.5. The Kier molecular flexibility index (Phi) is 4.52. The van der Waals surface area contributed by atoms with Gasteiger partial charge in [0, 0.05) is 11.4 Å². The molecule has 0 saturated carbocycles. The van der Waals surface area contributed by atoms with Gasteiger partial charge in [0.15, 0.2) is 0 Å². The molecule has 4 nitrogen and oxygen atoms in total. The number of hydrazone groups is 1. The Morgan fingerprint density at radius 3 is 3.06 bits per heavy atom. The van der Waals surface area contributed by atoms with Gasteiger partial charge in [0.25, 0.3) is 0 Å². The van der Waals surface area contributed by atoms with E-state index in [1.807, 2.05) is 17.5 Å². The lowest BCUT2D eigenvalue weighted by atomic mass is 10.3. The van der Waals surface area contributed by atoms with E-state index in [0.717, 1.165) is 25.0 Å². The van der Waals surface area contributed by atoms with Crippen LogP contribution in [0.3, 0.4) is 0 Å². The molecule has 0 aliphatic heterocycles. The largest absolute Gasteiger partial charge is 0.336 e. The second-order valence-electron chi connectivity index (χ2n) is 4.29. The molecular weight excluding hydrogens is 246 g/mol. The number of thiophene rings is 1. The fourth-order valence-electron chi connectivity index (χ4n) is 1.76. The van der Waals surface area contributed by atoms with Crippen molar-refractivity contribution in [2.45, 2.75) is 26.2 Å². The van der Waals surface area contributed by atoms with E-state index in [2.05, 4.69) is 28.8 Å². The standard InChI is InChI=1S/C13H17N3OS/c1-10-4-5-11(9-10)15-16-13(17)14-7-6-12-3-2-8-18-12/h2-3,8-9H,4-7H2,1H3,(H2,14,16,17). The van der Waals surface area contributed by atoms with Gasteiger partial charge in [-0.3, -0.25) is 0 Å². The lowest BCUT2D eigenvalue weighted by Crippen LogP contribution is -2.34. The molecule has 1 aromatic rings. The van der Waals surface area contributed by atoms with Crippen molar-refractivity contribution >= 4 is 23.1 Å². The molecule has 1 aromatic heterocycles. The summed E-state index contributed by atoms with van der Waals surface area (Å²) in [6.45, 7) is 2.70. The quantitative estimate of drug-likeness (QED) is 0.806. The SMILES string of the molecule is CC1=CC(=NNC(=O)NCCc2cccs2)CC1. The van der Waals surface area contributed by atoms with Crippen molar-refractivity contribution in [3.05, 3.63) is 34.0 Å². The molecule has 2 amide bonds. The zero-order valence-corrected chi connectivity index (χ0v) is 11.2. The lowest BCUT2D eigenvalue weighted by Gasteiger charge is -2.03. The molecule has 2 N–H and O–H groups in total. The molecule has 5 heteroatoms. The van der Waals surface area contributed by atoms with E-state index < -0.39 is 0 Å². The van der Waals surface area contributed by atoms with Crippen LogP contribution >= 0.6 is 11.3 Å². The highest BCUT2D eigenvalue weighted by molar-refractivity contribution is 7.09. The lowest BCUT2D eigenvalue weighted by molar-refractivity contribution is 0.241. The van der Waals surface area contributed by atoms with Gasteiger partial charge in [-0.2, -0.15) is 5.10 Å². The van der Waals surface area contributed by atoms with Gasteiger partial charge in [-0.15, -0.1) is 11.3 Å². The molecule has 0 aromatic carbocycles. The average Bonchev–Trinajstić information content (AvgIpc) is 2.98. The van der Waals surface area contributed by atoms with E-state index in [4.69, 9.17) is 0 Å². The van der Waals surface area contributed by atoms with E-state index in [-0.39, 0.29) is 6.03 Å². The highest BCUT2D eigenvalue weighted by Crippen LogP contribution is 2.14. The van der Waals surface area contributed by atoms with Crippen molar-refractivity contribution < 1.29 is 4.79 Å². The molecule has 0 saturated heterocycles. The average molecular weight is 263 g/mol. The summed E-state index contributed by atoms with van der Waals surface area (Å²) < 4.78 is 0. The van der Waals surface area contributed by atoms with Crippen LogP contribution in [0.1, 0.15) is 24.6 Å². The molecule has 1 heterocycles. The second kappa shape index (κ2) is 6.35. The fraction of sp³-hybridized carbons (Fsp3) is 0.385. The molecule has 1 aliphatic rings. The van der Waals surface area contributed by atoms with Crippen LogP contribution in [0.4, 0.5) is 4.79 Å². The van der Waals surface area contributed by atoms with Crippen LogP contribution in [0.5, 0.6) is 0 Å². The molecule has 0 radical (unpaired) electrons. The number of hydrogen-bond donors (Lipinski definition) is 2. The van der Waals surface area contributed by atoms with Crippen LogP contribution in [-0.2, 0) is 6.42 Å². The van der Waals surface area contributed by atoms with Crippen molar-refractivity contribution in [1.82, 2.24) is 10.7 Å². The van der Waals surface area contributed by atoms with E-state index in [1.165, 1.54) is 10.5 Å². The highest BCUT2D eigenvalue weighted by Gasteiger charge is 2.07. The van der Waals surface area contributed by atoms with Crippen LogP contribution in [0.15, 0.2) is 34.3 Å². The monoisotopic (exact) mass is 263 g/mol. The molecule has 0 unspecified atom stereocenters. The predicted molar refractivity (Wildman–Crippen MR) is 75.0 cm³/mol. The molecule has 96 valence electrons. The summed E-state index contributed by atoms with van der Waals surface area (Å²) in [5, 5.41) is 8.89. The van der Waals surface area contributed by atoms with Crippen LogP contribution < -0.4 is 10.7 Å². The number of amides is 2. The number of carbonyl (C=O) groups is 1. The van der Waals surface area contributed by atoms with Crippen molar-refractivity contribution in [2.75, 3.05) is 6.54 Å². The maximum Gasteiger partial charge on any atom is 0.335 e. The minimum atomic E-state index is -0.239. The van der Waals surface area contributed by atoms with Crippen LogP contribution in [0.25, 0.3) is 0 Å². The molecule has 1 aliphatic carbocycles. The van der Waals surface area contributed by atoms with Crippen molar-refractivity contribution in [2.24, 2.45) is 5.10 Å². The van der Waals surface area contributed by atoms with Crippen molar-refractivity contribution in [1.29, 1.82) is 0 Å². The van der Waals surface area contributed by atoms with Gasteiger partial charge < -0.3 is 5.32 Å². The topological polar surface area (TPSA) is 53.5 Å². The summed E-state index contributed by atoms with van der Waals surface area (Å²) >= 11 is 1.70. The zero-order chi connectivity index (χ0) is 12.8. The van der Waals surface area contributed by atoms with Gasteiger partial charge in [-0.05, 0) is 43.7 Å². The number of rotatable bonds is 4. The summed E-state index contributed by atoms with van der Waals surface area (Å²) in [6.07, 6.45) is 4.84. The van der Waals surface area contributed by atoms with Gasteiger partial charge in [-0.25, -0.2) is 10.2 Å². The molecule has 0 atom stereocenters. The van der Waals surface area contributed by atoms with Crippen molar-refractivity contribution in [3.63, 3.8) is 0 Å². The normalized spacial score (nSPS) is 16.7. The number of carbonyl (C=O) groups excluding carboxylic acids is 1. The summed E-state index contributed by atoms with van der Waals surface area (Å²) in [4.78, 5) is 12.7. The molecule has 0 fully saturated rings.